The number of nitrogens with zero attached hydrogens (tertiary/aromatic N) is 3. The number of hydrogen-bond donors (Lipinski definition) is 3. The van der Waals surface area contributed by atoms with Crippen LogP contribution in [0.3, 0.4) is 0 Å². The third kappa shape index (κ3) is 6.25. The summed E-state index contributed by atoms with van der Waals surface area (Å²) >= 11 is 12.6. The third-order valence-electron chi connectivity index (χ3n) is 5.64. The predicted molar refractivity (Wildman–Crippen MR) is 146 cm³/mol. The average molecular weight is 550 g/mol. The summed E-state index contributed by atoms with van der Waals surface area (Å²) in [6.07, 6.45) is 4.68. The topological polar surface area (TPSA) is 119 Å². The maximum atomic E-state index is 12.3. The molecular weight excluding hydrogens is 523 g/mol. The molecule has 0 aliphatic rings. The highest BCUT2D eigenvalue weighted by molar-refractivity contribution is 6.35. The molecule has 190 valence electrons. The van der Waals surface area contributed by atoms with Gasteiger partial charge in [0.15, 0.2) is 0 Å². The zero-order valence-corrected chi connectivity index (χ0v) is 22.3. The molecule has 11 heteroatoms. The van der Waals surface area contributed by atoms with E-state index < -0.39 is 0 Å². The fourth-order valence-electron chi connectivity index (χ4n) is 3.66. The Kier molecular flexibility index (Phi) is 8.79. The van der Waals surface area contributed by atoms with Crippen molar-refractivity contribution in [2.24, 2.45) is 11.1 Å². The van der Waals surface area contributed by atoms with Gasteiger partial charge < -0.3 is 15.8 Å². The Balaban J connectivity index is 0.00000361. The van der Waals surface area contributed by atoms with Gasteiger partial charge in [-0.05, 0) is 49.2 Å². The minimum atomic E-state index is -0.389. The molecule has 0 aliphatic carbocycles. The van der Waals surface area contributed by atoms with Crippen molar-refractivity contribution in [1.29, 1.82) is 0 Å². The first-order valence-corrected chi connectivity index (χ1v) is 11.8. The number of hydrogen-bond acceptors (Lipinski definition) is 6. The van der Waals surface area contributed by atoms with Crippen LogP contribution < -0.4 is 15.8 Å². The number of carbonyl (C=O) groups excluding carboxylic acids is 1. The van der Waals surface area contributed by atoms with E-state index in [0.717, 1.165) is 16.5 Å². The van der Waals surface area contributed by atoms with Gasteiger partial charge in [0.25, 0.3) is 0 Å². The Hall–Kier alpha value is -2.91. The summed E-state index contributed by atoms with van der Waals surface area (Å²) in [6, 6.07) is 9.25. The molecule has 1 aromatic carbocycles. The summed E-state index contributed by atoms with van der Waals surface area (Å²) < 4.78 is 6.13. The number of nitrogens with one attached hydrogen (secondary N) is 2. The summed E-state index contributed by atoms with van der Waals surface area (Å²) in [5, 5.41) is 12.1. The molecule has 3 aromatic heterocycles. The average Bonchev–Trinajstić information content (AvgIpc) is 3.22. The van der Waals surface area contributed by atoms with Gasteiger partial charge in [-0.3, -0.25) is 14.9 Å². The largest absolute Gasteiger partial charge is 0.486 e. The van der Waals surface area contributed by atoms with E-state index in [9.17, 15) is 4.79 Å². The molecule has 1 atom stereocenters. The number of H-pyrrole nitrogens is 1. The minimum absolute atomic E-state index is 0. The fourth-order valence-corrected chi connectivity index (χ4v) is 4.33. The number of ether oxygens (including phenoxy) is 1. The van der Waals surface area contributed by atoms with Crippen molar-refractivity contribution in [3.8, 4) is 17.0 Å². The first-order chi connectivity index (χ1) is 16.7. The molecule has 4 N–H and O–H groups in total. The lowest BCUT2D eigenvalue weighted by Gasteiger charge is -2.21. The number of anilines is 1. The van der Waals surface area contributed by atoms with Crippen LogP contribution in [0.2, 0.25) is 10.0 Å². The van der Waals surface area contributed by atoms with E-state index >= 15 is 0 Å². The number of halogens is 3. The summed E-state index contributed by atoms with van der Waals surface area (Å²) in [7, 11) is 0. The van der Waals surface area contributed by atoms with Gasteiger partial charge in [-0.1, -0.05) is 37.0 Å². The molecule has 0 unspecified atom stereocenters. The highest BCUT2D eigenvalue weighted by atomic mass is 35.5. The van der Waals surface area contributed by atoms with Gasteiger partial charge >= 0.3 is 0 Å². The van der Waals surface area contributed by atoms with Crippen molar-refractivity contribution in [1.82, 2.24) is 20.2 Å². The van der Waals surface area contributed by atoms with E-state index in [0.29, 0.717) is 45.8 Å². The predicted octanol–water partition coefficient (Wildman–Crippen LogP) is 6.20. The Morgan fingerprint density at radius 1 is 1.17 bits per heavy atom. The zero-order valence-electron chi connectivity index (χ0n) is 20.0. The van der Waals surface area contributed by atoms with Gasteiger partial charge in [0.2, 0.25) is 5.91 Å². The standard InChI is InChI=1S/C25H26Cl2N6O2.ClH/c1-14(23-18(26)11-29-12-19(23)27)35-16-5-6-20-17(8-16)24(33-32-20)15-4-7-21(30-10-15)31-22(34)9-25(2,3)13-28;/h4-8,10-12,14H,9,13,28H2,1-3H3,(H,32,33)(H,30,31,34);1H/t14-;/m1./s1. The van der Waals surface area contributed by atoms with Gasteiger partial charge in [-0.15, -0.1) is 12.4 Å². The van der Waals surface area contributed by atoms with Crippen molar-refractivity contribution in [3.05, 3.63) is 64.5 Å². The molecule has 0 aliphatic heterocycles. The lowest BCUT2D eigenvalue weighted by atomic mass is 9.89. The molecule has 36 heavy (non-hydrogen) atoms. The van der Waals surface area contributed by atoms with E-state index in [1.807, 2.05) is 45.0 Å². The Morgan fingerprint density at radius 3 is 2.53 bits per heavy atom. The van der Waals surface area contributed by atoms with Crippen molar-refractivity contribution in [2.45, 2.75) is 33.3 Å². The van der Waals surface area contributed by atoms with Gasteiger partial charge in [0, 0.05) is 41.5 Å². The van der Waals surface area contributed by atoms with Crippen LogP contribution in [0.1, 0.15) is 38.9 Å². The molecular formula is C25H27Cl3N6O2. The molecule has 3 heterocycles. The molecule has 0 saturated carbocycles. The second kappa shape index (κ2) is 11.4. The van der Waals surface area contributed by atoms with Crippen LogP contribution in [0.4, 0.5) is 5.82 Å². The maximum Gasteiger partial charge on any atom is 0.226 e. The van der Waals surface area contributed by atoms with Gasteiger partial charge in [-0.2, -0.15) is 5.10 Å². The van der Waals surface area contributed by atoms with E-state index in [2.05, 4.69) is 25.5 Å². The van der Waals surface area contributed by atoms with Crippen LogP contribution >= 0.6 is 35.6 Å². The van der Waals surface area contributed by atoms with Crippen molar-refractivity contribution >= 4 is 58.2 Å². The van der Waals surface area contributed by atoms with Crippen LogP contribution in [0, 0.1) is 5.41 Å². The molecule has 0 saturated heterocycles. The Bertz CT molecular complexity index is 1340. The first-order valence-electron chi connectivity index (χ1n) is 11.1. The van der Waals surface area contributed by atoms with Crippen LogP contribution in [-0.2, 0) is 4.79 Å². The number of rotatable bonds is 8. The highest BCUT2D eigenvalue weighted by Gasteiger charge is 2.21. The Morgan fingerprint density at radius 2 is 1.89 bits per heavy atom. The van der Waals surface area contributed by atoms with E-state index in [1.54, 1.807) is 12.3 Å². The lowest BCUT2D eigenvalue weighted by molar-refractivity contribution is -0.117. The number of aromatic amines is 1. The van der Waals surface area contributed by atoms with E-state index in [-0.39, 0.29) is 29.8 Å². The van der Waals surface area contributed by atoms with Crippen molar-refractivity contribution < 1.29 is 9.53 Å². The molecule has 1 amide bonds. The van der Waals surface area contributed by atoms with E-state index in [4.69, 9.17) is 33.7 Å². The number of pyridine rings is 2. The summed E-state index contributed by atoms with van der Waals surface area (Å²) in [6.45, 7) is 6.20. The summed E-state index contributed by atoms with van der Waals surface area (Å²) in [5.74, 6) is 0.975. The van der Waals surface area contributed by atoms with Crippen LogP contribution in [0.5, 0.6) is 5.75 Å². The molecule has 8 nitrogen and oxygen atoms in total. The SMILES string of the molecule is C[C@@H](Oc1ccc2[nH]nc(-c3ccc(NC(=O)CC(C)(C)CN)nc3)c2c1)c1c(Cl)cncc1Cl.Cl. The number of benzene rings is 1. The van der Waals surface area contributed by atoms with Gasteiger partial charge in [0.1, 0.15) is 23.4 Å². The number of nitrogens with two attached hydrogens (primary N) is 1. The summed E-state index contributed by atoms with van der Waals surface area (Å²) in [4.78, 5) is 20.7. The third-order valence-corrected chi connectivity index (χ3v) is 6.24. The van der Waals surface area contributed by atoms with Crippen molar-refractivity contribution in [2.75, 3.05) is 11.9 Å². The highest BCUT2D eigenvalue weighted by Crippen LogP contribution is 2.34. The Labute approximate surface area is 225 Å². The minimum Gasteiger partial charge on any atom is -0.486 e. The monoisotopic (exact) mass is 548 g/mol. The molecule has 4 rings (SSSR count). The van der Waals surface area contributed by atoms with Crippen molar-refractivity contribution in [3.63, 3.8) is 0 Å². The molecule has 0 radical (unpaired) electrons. The number of aromatic nitrogens is 4. The zero-order chi connectivity index (χ0) is 25.2. The maximum absolute atomic E-state index is 12.3. The first kappa shape index (κ1) is 27.7. The molecule has 0 spiro atoms. The quantitative estimate of drug-likeness (QED) is 0.241. The van der Waals surface area contributed by atoms with Crippen LogP contribution in [0.15, 0.2) is 48.9 Å². The van der Waals surface area contributed by atoms with Gasteiger partial charge in [-0.25, -0.2) is 4.98 Å². The lowest BCUT2D eigenvalue weighted by Crippen LogP contribution is -2.29. The molecule has 0 bridgehead atoms. The summed E-state index contributed by atoms with van der Waals surface area (Å²) in [5.41, 5.74) is 8.48. The molecule has 4 aromatic rings. The van der Waals surface area contributed by atoms with Gasteiger partial charge in [0.05, 0.1) is 15.6 Å². The second-order valence-corrected chi connectivity index (χ2v) is 9.90. The fraction of sp³-hybridized carbons (Fsp3) is 0.280. The van der Waals surface area contributed by atoms with Crippen LogP contribution in [0.25, 0.3) is 22.2 Å². The smallest absolute Gasteiger partial charge is 0.226 e. The number of fused-ring (bicyclic) bond motifs is 1. The number of amides is 1. The van der Waals surface area contributed by atoms with Crippen LogP contribution in [-0.4, -0.2) is 32.6 Å². The van der Waals surface area contributed by atoms with E-state index in [1.165, 1.54) is 12.4 Å². The normalized spacial score (nSPS) is 12.2. The molecule has 0 fully saturated rings. The second-order valence-electron chi connectivity index (χ2n) is 9.08. The number of carbonyl (C=O) groups is 1.